The Hall–Kier alpha value is -1.10. The predicted molar refractivity (Wildman–Crippen MR) is 65.0 cm³/mol. The quantitative estimate of drug-likeness (QED) is 0.808. The van der Waals surface area contributed by atoms with Crippen molar-refractivity contribution in [3.8, 4) is 0 Å². The highest BCUT2D eigenvalue weighted by Gasteiger charge is 2.59. The van der Waals surface area contributed by atoms with Crippen molar-refractivity contribution in [1.29, 1.82) is 0 Å². The van der Waals surface area contributed by atoms with Crippen molar-refractivity contribution in [3.63, 3.8) is 0 Å². The maximum Gasteiger partial charge on any atom is 0.307 e. The molecule has 1 aliphatic heterocycles. The molecule has 5 heteroatoms. The largest absolute Gasteiger partial charge is 0.481 e. The van der Waals surface area contributed by atoms with Gasteiger partial charge in [0.1, 0.15) is 0 Å². The molecule has 0 bridgehead atoms. The van der Waals surface area contributed by atoms with Crippen molar-refractivity contribution in [2.75, 3.05) is 26.3 Å². The molecule has 1 amide bonds. The number of morpholine rings is 1. The molecule has 0 aromatic heterocycles. The predicted octanol–water partition coefficient (Wildman–Crippen LogP) is 0.838. The van der Waals surface area contributed by atoms with Crippen LogP contribution in [0.3, 0.4) is 0 Å². The van der Waals surface area contributed by atoms with Crippen molar-refractivity contribution in [1.82, 2.24) is 4.90 Å². The first kappa shape index (κ1) is 13.3. The van der Waals surface area contributed by atoms with Gasteiger partial charge in [0.15, 0.2) is 0 Å². The van der Waals surface area contributed by atoms with Crippen molar-refractivity contribution in [3.05, 3.63) is 0 Å². The maximum atomic E-state index is 12.3. The van der Waals surface area contributed by atoms with Crippen LogP contribution in [0.4, 0.5) is 0 Å². The molecule has 2 fully saturated rings. The highest BCUT2D eigenvalue weighted by Crippen LogP contribution is 2.51. The number of aliphatic carboxylic acids is 1. The molecule has 1 saturated carbocycles. The van der Waals surface area contributed by atoms with Gasteiger partial charge in [-0.15, -0.1) is 0 Å². The number of hydrogen-bond acceptors (Lipinski definition) is 3. The zero-order chi connectivity index (χ0) is 13.3. The number of hydrogen-bond donors (Lipinski definition) is 1. The highest BCUT2D eigenvalue weighted by atomic mass is 16.5. The van der Waals surface area contributed by atoms with Crippen LogP contribution in [0, 0.1) is 23.7 Å². The number of rotatable bonds is 4. The van der Waals surface area contributed by atoms with Crippen LogP contribution in [0.5, 0.6) is 0 Å². The van der Waals surface area contributed by atoms with Gasteiger partial charge in [-0.05, 0) is 18.3 Å². The zero-order valence-electron chi connectivity index (χ0n) is 11.0. The molecule has 1 N–H and O–H groups in total. The molecule has 0 spiro atoms. The van der Waals surface area contributed by atoms with Crippen LogP contribution >= 0.6 is 0 Å². The Morgan fingerprint density at radius 2 is 1.89 bits per heavy atom. The molecule has 1 saturated heterocycles. The van der Waals surface area contributed by atoms with Gasteiger partial charge >= 0.3 is 5.97 Å². The van der Waals surface area contributed by atoms with Crippen LogP contribution in [0.2, 0.25) is 0 Å². The van der Waals surface area contributed by atoms with E-state index in [1.165, 1.54) is 0 Å². The van der Waals surface area contributed by atoms with E-state index >= 15 is 0 Å². The second-order valence-corrected chi connectivity index (χ2v) is 5.62. The first-order valence-electron chi connectivity index (χ1n) is 6.61. The van der Waals surface area contributed by atoms with Crippen molar-refractivity contribution in [2.45, 2.75) is 20.3 Å². The van der Waals surface area contributed by atoms with Crippen LogP contribution in [0.1, 0.15) is 20.3 Å². The molecule has 0 aromatic rings. The lowest BCUT2D eigenvalue weighted by atomic mass is 10.0. The molecule has 18 heavy (non-hydrogen) atoms. The van der Waals surface area contributed by atoms with Crippen LogP contribution in [-0.2, 0) is 14.3 Å². The summed E-state index contributed by atoms with van der Waals surface area (Å²) < 4.78 is 5.21. The highest BCUT2D eigenvalue weighted by molar-refractivity contribution is 5.90. The van der Waals surface area contributed by atoms with E-state index in [2.05, 4.69) is 13.8 Å². The molecule has 1 aliphatic carbocycles. The van der Waals surface area contributed by atoms with E-state index < -0.39 is 11.9 Å². The minimum absolute atomic E-state index is 0.0105. The van der Waals surface area contributed by atoms with E-state index in [-0.39, 0.29) is 17.7 Å². The second-order valence-electron chi connectivity index (χ2n) is 5.62. The lowest BCUT2D eigenvalue weighted by Gasteiger charge is -2.27. The molecular weight excluding hydrogens is 234 g/mol. The third kappa shape index (κ3) is 2.66. The molecule has 0 aromatic carbocycles. The zero-order valence-corrected chi connectivity index (χ0v) is 11.0. The van der Waals surface area contributed by atoms with Crippen LogP contribution in [0.25, 0.3) is 0 Å². The second kappa shape index (κ2) is 5.26. The maximum absolute atomic E-state index is 12.3. The standard InChI is InChI=1S/C13H21NO4/c1-8(2)7-9-10(11(9)13(16)17)12(15)14-3-5-18-6-4-14/h8-11H,3-7H2,1-2H3,(H,16,17). The number of ether oxygens (including phenoxy) is 1. The average molecular weight is 255 g/mol. The Morgan fingerprint density at radius 3 is 2.39 bits per heavy atom. The van der Waals surface area contributed by atoms with Gasteiger partial charge in [0.05, 0.1) is 25.0 Å². The summed E-state index contributed by atoms with van der Waals surface area (Å²) in [4.78, 5) is 25.2. The Labute approximate surface area is 107 Å². The molecule has 102 valence electrons. The Balaban J connectivity index is 1.98. The average Bonchev–Trinajstić information content (AvgIpc) is 3.02. The Bertz CT molecular complexity index is 336. The van der Waals surface area contributed by atoms with Gasteiger partial charge in [0.2, 0.25) is 5.91 Å². The molecule has 2 aliphatic rings. The number of carbonyl (C=O) groups excluding carboxylic acids is 1. The first-order chi connectivity index (χ1) is 8.52. The van der Waals surface area contributed by atoms with Crippen LogP contribution in [0.15, 0.2) is 0 Å². The van der Waals surface area contributed by atoms with Gasteiger partial charge in [-0.1, -0.05) is 13.8 Å². The molecule has 3 unspecified atom stereocenters. The molecule has 3 atom stereocenters. The van der Waals surface area contributed by atoms with E-state index in [1.807, 2.05) is 0 Å². The Kier molecular flexibility index (Phi) is 3.90. The molecular formula is C13H21NO4. The van der Waals surface area contributed by atoms with E-state index in [0.717, 1.165) is 6.42 Å². The third-order valence-electron chi connectivity index (χ3n) is 3.81. The van der Waals surface area contributed by atoms with Crippen LogP contribution < -0.4 is 0 Å². The van der Waals surface area contributed by atoms with E-state index in [0.29, 0.717) is 32.2 Å². The normalized spacial score (nSPS) is 31.5. The van der Waals surface area contributed by atoms with E-state index in [4.69, 9.17) is 9.84 Å². The number of carboxylic acids is 1. The fourth-order valence-corrected chi connectivity index (χ4v) is 2.88. The summed E-state index contributed by atoms with van der Waals surface area (Å²) in [5.74, 6) is -1.13. The van der Waals surface area contributed by atoms with E-state index in [1.54, 1.807) is 4.90 Å². The summed E-state index contributed by atoms with van der Waals surface area (Å²) in [6, 6.07) is 0. The summed E-state index contributed by atoms with van der Waals surface area (Å²) in [5.41, 5.74) is 0. The molecule has 2 rings (SSSR count). The van der Waals surface area contributed by atoms with Gasteiger partial charge in [-0.2, -0.15) is 0 Å². The van der Waals surface area contributed by atoms with Crippen molar-refractivity contribution in [2.24, 2.45) is 23.7 Å². The third-order valence-corrected chi connectivity index (χ3v) is 3.81. The monoisotopic (exact) mass is 255 g/mol. The first-order valence-corrected chi connectivity index (χ1v) is 6.61. The lowest BCUT2D eigenvalue weighted by molar-refractivity contribution is -0.143. The number of carbonyl (C=O) groups is 2. The number of carboxylic acid groups (broad SMARTS) is 1. The lowest BCUT2D eigenvalue weighted by Crippen LogP contribution is -2.42. The Morgan fingerprint density at radius 1 is 1.28 bits per heavy atom. The van der Waals surface area contributed by atoms with Crippen molar-refractivity contribution >= 4 is 11.9 Å². The summed E-state index contributed by atoms with van der Waals surface area (Å²) in [6.45, 7) is 6.43. The minimum atomic E-state index is -0.827. The molecule has 0 radical (unpaired) electrons. The fourth-order valence-electron chi connectivity index (χ4n) is 2.88. The fraction of sp³-hybridized carbons (Fsp3) is 0.846. The molecule has 1 heterocycles. The number of nitrogens with zero attached hydrogens (tertiary/aromatic N) is 1. The summed E-state index contributed by atoms with van der Waals surface area (Å²) >= 11 is 0. The topological polar surface area (TPSA) is 66.8 Å². The van der Waals surface area contributed by atoms with Crippen LogP contribution in [-0.4, -0.2) is 48.2 Å². The summed E-state index contributed by atoms with van der Waals surface area (Å²) in [7, 11) is 0. The smallest absolute Gasteiger partial charge is 0.307 e. The number of amides is 1. The van der Waals surface area contributed by atoms with Crippen molar-refractivity contribution < 1.29 is 19.4 Å². The summed E-state index contributed by atoms with van der Waals surface area (Å²) in [6.07, 6.45) is 0.817. The van der Waals surface area contributed by atoms with Gasteiger partial charge in [-0.3, -0.25) is 9.59 Å². The van der Waals surface area contributed by atoms with Gasteiger partial charge in [0, 0.05) is 13.1 Å². The minimum Gasteiger partial charge on any atom is -0.481 e. The molecule has 5 nitrogen and oxygen atoms in total. The van der Waals surface area contributed by atoms with Gasteiger partial charge in [-0.25, -0.2) is 0 Å². The van der Waals surface area contributed by atoms with E-state index in [9.17, 15) is 9.59 Å². The SMILES string of the molecule is CC(C)CC1C(C(=O)O)C1C(=O)N1CCOCC1. The van der Waals surface area contributed by atoms with Gasteiger partial charge in [0.25, 0.3) is 0 Å². The summed E-state index contributed by atoms with van der Waals surface area (Å²) in [5, 5.41) is 9.16. The van der Waals surface area contributed by atoms with Gasteiger partial charge < -0.3 is 14.7 Å².